The molecule has 0 bridgehead atoms. The molecule has 0 spiro atoms. The van der Waals surface area contributed by atoms with Crippen LogP contribution in [0.2, 0.25) is 0 Å². The molecule has 0 amide bonds. The first kappa shape index (κ1) is 11.8. The maximum absolute atomic E-state index is 11.3. The molecule has 0 saturated heterocycles. The van der Waals surface area contributed by atoms with Gasteiger partial charge >= 0.3 is 0 Å². The number of imidazole rings is 1. The van der Waals surface area contributed by atoms with Gasteiger partial charge in [0.1, 0.15) is 5.69 Å². The van der Waals surface area contributed by atoms with Gasteiger partial charge in [0.05, 0.1) is 5.69 Å². The Balaban J connectivity index is 2.79. The predicted octanol–water partition coefficient (Wildman–Crippen LogP) is 2.67. The molecule has 1 atom stereocenters. The molecule has 0 aliphatic heterocycles. The van der Waals surface area contributed by atoms with E-state index in [0.29, 0.717) is 11.5 Å². The van der Waals surface area contributed by atoms with Gasteiger partial charge in [0.2, 0.25) is 5.78 Å². The van der Waals surface area contributed by atoms with Crippen molar-refractivity contribution < 1.29 is 4.79 Å². The third-order valence-electron chi connectivity index (χ3n) is 3.16. The fourth-order valence-corrected chi connectivity index (χ4v) is 2.09. The van der Waals surface area contributed by atoms with Crippen molar-refractivity contribution in [2.45, 2.75) is 40.0 Å². The lowest BCUT2D eigenvalue weighted by molar-refractivity contribution is 0.111. The molecule has 0 aromatic carbocycles. The number of carbonyl (C=O) groups is 1. The van der Waals surface area contributed by atoms with Gasteiger partial charge in [-0.3, -0.25) is 9.20 Å². The Morgan fingerprint density at radius 2 is 2.12 bits per heavy atom. The molecule has 2 aromatic rings. The average molecular weight is 231 g/mol. The Kier molecular flexibility index (Phi) is 2.96. The van der Waals surface area contributed by atoms with Crippen molar-refractivity contribution in [1.82, 2.24) is 14.4 Å². The lowest BCUT2D eigenvalue weighted by Gasteiger charge is -2.05. The second-order valence-electron chi connectivity index (χ2n) is 4.48. The number of aldehydes is 1. The fourth-order valence-electron chi connectivity index (χ4n) is 2.09. The quantitative estimate of drug-likeness (QED) is 0.763. The molecule has 1 unspecified atom stereocenters. The maximum Gasteiger partial charge on any atom is 0.235 e. The molecule has 0 fully saturated rings. The zero-order valence-corrected chi connectivity index (χ0v) is 10.7. The number of rotatable bonds is 3. The molecule has 0 aliphatic carbocycles. The number of aromatic nitrogens is 3. The number of aryl methyl sites for hydroxylation is 2. The normalized spacial score (nSPS) is 12.9. The highest BCUT2D eigenvalue weighted by molar-refractivity contribution is 5.76. The van der Waals surface area contributed by atoms with Crippen LogP contribution in [0.3, 0.4) is 0 Å². The monoisotopic (exact) mass is 231 g/mol. The summed E-state index contributed by atoms with van der Waals surface area (Å²) in [4.78, 5) is 20.1. The summed E-state index contributed by atoms with van der Waals surface area (Å²) in [6.45, 7) is 8.08. The van der Waals surface area contributed by atoms with Crippen molar-refractivity contribution in [1.29, 1.82) is 0 Å². The SMILES string of the molecule is CCC(C)c1nc2nc(C)cc(C)n2c1C=O. The van der Waals surface area contributed by atoms with Crippen LogP contribution in [0.5, 0.6) is 0 Å². The highest BCUT2D eigenvalue weighted by atomic mass is 16.1. The number of nitrogens with zero attached hydrogens (tertiary/aromatic N) is 3. The lowest BCUT2D eigenvalue weighted by atomic mass is 10.0. The topological polar surface area (TPSA) is 47.3 Å². The summed E-state index contributed by atoms with van der Waals surface area (Å²) in [6.07, 6.45) is 1.84. The molecule has 2 aromatic heterocycles. The van der Waals surface area contributed by atoms with Crippen molar-refractivity contribution in [3.63, 3.8) is 0 Å². The van der Waals surface area contributed by atoms with E-state index in [9.17, 15) is 4.79 Å². The van der Waals surface area contributed by atoms with Gasteiger partial charge in [-0.2, -0.15) is 0 Å². The summed E-state index contributed by atoms with van der Waals surface area (Å²) in [5, 5.41) is 0. The summed E-state index contributed by atoms with van der Waals surface area (Å²) in [5.74, 6) is 0.900. The molecule has 4 nitrogen and oxygen atoms in total. The van der Waals surface area contributed by atoms with Gasteiger partial charge < -0.3 is 0 Å². The number of carbonyl (C=O) groups excluding carboxylic acids is 1. The van der Waals surface area contributed by atoms with Crippen LogP contribution in [0.15, 0.2) is 6.07 Å². The molecular weight excluding hydrogens is 214 g/mol. The van der Waals surface area contributed by atoms with E-state index < -0.39 is 0 Å². The van der Waals surface area contributed by atoms with Gasteiger partial charge in [-0.25, -0.2) is 9.97 Å². The third-order valence-corrected chi connectivity index (χ3v) is 3.16. The van der Waals surface area contributed by atoms with E-state index >= 15 is 0 Å². The average Bonchev–Trinajstić information content (AvgIpc) is 2.66. The van der Waals surface area contributed by atoms with Crippen LogP contribution in [0.1, 0.15) is 53.8 Å². The van der Waals surface area contributed by atoms with Crippen molar-refractivity contribution in [2.24, 2.45) is 0 Å². The second-order valence-corrected chi connectivity index (χ2v) is 4.48. The summed E-state index contributed by atoms with van der Waals surface area (Å²) in [6, 6.07) is 1.96. The first-order chi connectivity index (χ1) is 8.08. The van der Waals surface area contributed by atoms with Crippen LogP contribution in [0.4, 0.5) is 0 Å². The highest BCUT2D eigenvalue weighted by Crippen LogP contribution is 2.23. The predicted molar refractivity (Wildman–Crippen MR) is 66.6 cm³/mol. The van der Waals surface area contributed by atoms with Crippen molar-refractivity contribution in [3.8, 4) is 0 Å². The van der Waals surface area contributed by atoms with Crippen LogP contribution < -0.4 is 0 Å². The summed E-state index contributed by atoms with van der Waals surface area (Å²) >= 11 is 0. The van der Waals surface area contributed by atoms with E-state index in [-0.39, 0.29) is 5.92 Å². The van der Waals surface area contributed by atoms with Gasteiger partial charge in [-0.15, -0.1) is 0 Å². The van der Waals surface area contributed by atoms with Crippen LogP contribution in [0, 0.1) is 13.8 Å². The summed E-state index contributed by atoms with van der Waals surface area (Å²) in [7, 11) is 0. The Morgan fingerprint density at radius 3 is 2.71 bits per heavy atom. The fraction of sp³-hybridized carbons (Fsp3) is 0.462. The largest absolute Gasteiger partial charge is 0.296 e. The number of hydrogen-bond acceptors (Lipinski definition) is 3. The molecule has 90 valence electrons. The minimum Gasteiger partial charge on any atom is -0.296 e. The maximum atomic E-state index is 11.3. The number of hydrogen-bond donors (Lipinski definition) is 0. The molecule has 0 radical (unpaired) electrons. The molecule has 17 heavy (non-hydrogen) atoms. The van der Waals surface area contributed by atoms with E-state index in [1.807, 2.05) is 24.3 Å². The molecule has 4 heteroatoms. The van der Waals surface area contributed by atoms with Gasteiger partial charge in [-0.1, -0.05) is 13.8 Å². The minimum absolute atomic E-state index is 0.275. The molecule has 0 N–H and O–H groups in total. The second kappa shape index (κ2) is 4.28. The van der Waals surface area contributed by atoms with E-state index in [1.54, 1.807) is 0 Å². The summed E-state index contributed by atoms with van der Waals surface area (Å²) < 4.78 is 1.83. The Morgan fingerprint density at radius 1 is 1.41 bits per heavy atom. The first-order valence-electron chi connectivity index (χ1n) is 5.90. The smallest absolute Gasteiger partial charge is 0.235 e. The van der Waals surface area contributed by atoms with Crippen LogP contribution in [-0.2, 0) is 0 Å². The highest BCUT2D eigenvalue weighted by Gasteiger charge is 2.18. The first-order valence-corrected chi connectivity index (χ1v) is 5.90. The number of fused-ring (bicyclic) bond motifs is 1. The van der Waals surface area contributed by atoms with Gasteiger partial charge in [0.25, 0.3) is 0 Å². The van der Waals surface area contributed by atoms with Crippen LogP contribution in [-0.4, -0.2) is 20.7 Å². The van der Waals surface area contributed by atoms with Gasteiger partial charge in [0, 0.05) is 17.3 Å². The standard InChI is InChI=1S/C13H17N3O/c1-5-8(2)12-11(7-17)16-10(4)6-9(3)14-13(16)15-12/h6-8H,5H2,1-4H3. The molecular formula is C13H17N3O. The Labute approximate surface area is 101 Å². The molecule has 2 rings (SSSR count). The van der Waals surface area contributed by atoms with E-state index in [2.05, 4.69) is 23.8 Å². The third kappa shape index (κ3) is 1.84. The van der Waals surface area contributed by atoms with Crippen molar-refractivity contribution >= 4 is 12.1 Å². The minimum atomic E-state index is 0.275. The Bertz CT molecular complexity index is 572. The van der Waals surface area contributed by atoms with Crippen molar-refractivity contribution in [2.75, 3.05) is 0 Å². The van der Waals surface area contributed by atoms with Crippen LogP contribution >= 0.6 is 0 Å². The zero-order valence-electron chi connectivity index (χ0n) is 10.7. The zero-order chi connectivity index (χ0) is 12.6. The van der Waals surface area contributed by atoms with Gasteiger partial charge in [-0.05, 0) is 26.3 Å². The van der Waals surface area contributed by atoms with E-state index in [1.165, 1.54) is 0 Å². The van der Waals surface area contributed by atoms with E-state index in [4.69, 9.17) is 0 Å². The Hall–Kier alpha value is -1.71. The lowest BCUT2D eigenvalue weighted by Crippen LogP contribution is -2.02. The van der Waals surface area contributed by atoms with Crippen molar-refractivity contribution in [3.05, 3.63) is 28.8 Å². The van der Waals surface area contributed by atoms with Crippen LogP contribution in [0.25, 0.3) is 5.78 Å². The molecule has 0 saturated carbocycles. The molecule has 0 aliphatic rings. The molecule has 2 heterocycles. The van der Waals surface area contributed by atoms with E-state index in [0.717, 1.165) is 29.8 Å². The summed E-state index contributed by atoms with van der Waals surface area (Å²) in [5.41, 5.74) is 3.41. The van der Waals surface area contributed by atoms with Gasteiger partial charge in [0.15, 0.2) is 6.29 Å².